The molecule has 0 radical (unpaired) electrons. The predicted molar refractivity (Wildman–Crippen MR) is 56.8 cm³/mol. The number of hydrogen-bond acceptors (Lipinski definition) is 3. The lowest BCUT2D eigenvalue weighted by Crippen LogP contribution is -2.34. The first kappa shape index (κ1) is 9.18. The molecule has 1 aliphatic heterocycles. The fourth-order valence-corrected chi connectivity index (χ4v) is 2.00. The average Bonchev–Trinajstić information content (AvgIpc) is 2.89. The maximum Gasteiger partial charge on any atom is 0.266 e. The third-order valence-corrected chi connectivity index (χ3v) is 2.83. The Hall–Kier alpha value is -2.07. The van der Waals surface area contributed by atoms with Gasteiger partial charge in [-0.05, 0) is 12.1 Å². The van der Waals surface area contributed by atoms with Crippen LogP contribution in [-0.4, -0.2) is 11.0 Å². The molecule has 2 heterocycles. The van der Waals surface area contributed by atoms with Gasteiger partial charge in [0.05, 0.1) is 12.5 Å². The lowest BCUT2D eigenvalue weighted by atomic mass is 9.89. The summed E-state index contributed by atoms with van der Waals surface area (Å²) in [6.45, 7) is 0. The Morgan fingerprint density at radius 2 is 2.06 bits per heavy atom. The molecule has 1 aliphatic rings. The van der Waals surface area contributed by atoms with Crippen LogP contribution >= 0.6 is 0 Å². The molecule has 1 amide bonds. The van der Waals surface area contributed by atoms with Gasteiger partial charge in [0.1, 0.15) is 0 Å². The van der Waals surface area contributed by atoms with Crippen molar-refractivity contribution in [3.63, 3.8) is 0 Å². The van der Waals surface area contributed by atoms with Gasteiger partial charge >= 0.3 is 0 Å². The molecule has 0 saturated carbocycles. The average molecular weight is 215 g/mol. The van der Waals surface area contributed by atoms with Gasteiger partial charge in [-0.25, -0.2) is 0 Å². The first-order chi connectivity index (χ1) is 7.73. The van der Waals surface area contributed by atoms with Crippen LogP contribution in [0.1, 0.15) is 11.1 Å². The first-order valence-electron chi connectivity index (χ1n) is 4.89. The molecule has 0 spiro atoms. The quantitative estimate of drug-likeness (QED) is 0.757. The fraction of sp³-hybridized carbons (Fsp3) is 0.0833. The van der Waals surface area contributed by atoms with Gasteiger partial charge in [-0.3, -0.25) is 4.79 Å². The molecule has 0 aliphatic carbocycles. The number of furan rings is 1. The van der Waals surface area contributed by atoms with E-state index in [1.807, 2.05) is 0 Å². The number of rotatable bonds is 1. The monoisotopic (exact) mass is 215 g/mol. The number of benzene rings is 1. The maximum atomic E-state index is 11.8. The summed E-state index contributed by atoms with van der Waals surface area (Å²) in [5, 5.41) is 13.1. The van der Waals surface area contributed by atoms with Gasteiger partial charge in [0.25, 0.3) is 5.91 Å². The Kier molecular flexibility index (Phi) is 1.70. The number of nitrogens with one attached hydrogen (secondary N) is 1. The zero-order valence-corrected chi connectivity index (χ0v) is 8.31. The Balaban J connectivity index is 2.25. The number of hydrogen-bond donors (Lipinski definition) is 2. The number of amides is 1. The minimum absolute atomic E-state index is 0.440. The van der Waals surface area contributed by atoms with Crippen molar-refractivity contribution < 1.29 is 14.3 Å². The lowest BCUT2D eigenvalue weighted by Gasteiger charge is -2.18. The molecule has 2 N–H and O–H groups in total. The van der Waals surface area contributed by atoms with Crippen LogP contribution in [-0.2, 0) is 10.4 Å². The Morgan fingerprint density at radius 3 is 2.81 bits per heavy atom. The fourth-order valence-electron chi connectivity index (χ4n) is 2.00. The lowest BCUT2D eigenvalue weighted by molar-refractivity contribution is -0.129. The molecular weight excluding hydrogens is 206 g/mol. The third kappa shape index (κ3) is 0.991. The van der Waals surface area contributed by atoms with Crippen molar-refractivity contribution in [2.24, 2.45) is 0 Å². The second-order valence-electron chi connectivity index (χ2n) is 3.72. The Morgan fingerprint density at radius 1 is 1.25 bits per heavy atom. The van der Waals surface area contributed by atoms with E-state index in [-0.39, 0.29) is 0 Å². The van der Waals surface area contributed by atoms with E-state index in [2.05, 4.69) is 5.32 Å². The molecule has 4 heteroatoms. The van der Waals surface area contributed by atoms with Crippen molar-refractivity contribution in [3.05, 3.63) is 54.0 Å². The molecular formula is C12H9NO3. The van der Waals surface area contributed by atoms with Crippen molar-refractivity contribution >= 4 is 11.6 Å². The maximum absolute atomic E-state index is 11.8. The van der Waals surface area contributed by atoms with Gasteiger partial charge in [-0.15, -0.1) is 0 Å². The molecule has 3 rings (SSSR count). The summed E-state index contributed by atoms with van der Waals surface area (Å²) < 4.78 is 4.92. The van der Waals surface area contributed by atoms with E-state index in [9.17, 15) is 9.90 Å². The molecule has 1 aromatic carbocycles. The molecule has 0 fully saturated rings. The van der Waals surface area contributed by atoms with E-state index in [1.54, 1.807) is 30.3 Å². The molecule has 4 nitrogen and oxygen atoms in total. The van der Waals surface area contributed by atoms with Gasteiger partial charge in [0.2, 0.25) is 0 Å². The second-order valence-corrected chi connectivity index (χ2v) is 3.72. The molecule has 1 aromatic heterocycles. The summed E-state index contributed by atoms with van der Waals surface area (Å²) in [6, 6.07) is 8.65. The molecule has 80 valence electrons. The smallest absolute Gasteiger partial charge is 0.266 e. The highest BCUT2D eigenvalue weighted by Crippen LogP contribution is 2.40. The van der Waals surface area contributed by atoms with Crippen LogP contribution < -0.4 is 5.32 Å². The van der Waals surface area contributed by atoms with Gasteiger partial charge < -0.3 is 14.8 Å². The topological polar surface area (TPSA) is 62.5 Å². The molecule has 2 aromatic rings. The van der Waals surface area contributed by atoms with Gasteiger partial charge in [0, 0.05) is 16.8 Å². The van der Waals surface area contributed by atoms with Crippen molar-refractivity contribution in [1.29, 1.82) is 0 Å². The minimum Gasteiger partial charge on any atom is -0.472 e. The van der Waals surface area contributed by atoms with E-state index in [4.69, 9.17) is 4.42 Å². The van der Waals surface area contributed by atoms with Crippen molar-refractivity contribution in [2.75, 3.05) is 5.32 Å². The zero-order chi connectivity index (χ0) is 11.2. The SMILES string of the molecule is O=C1Nc2ccccc2C1(O)c1ccoc1. The van der Waals surface area contributed by atoms with Crippen LogP contribution in [0.25, 0.3) is 0 Å². The number of carbonyl (C=O) groups is 1. The Labute approximate surface area is 91.5 Å². The van der Waals surface area contributed by atoms with Crippen LogP contribution in [0.15, 0.2) is 47.3 Å². The van der Waals surface area contributed by atoms with E-state index < -0.39 is 11.5 Å². The van der Waals surface area contributed by atoms with Gasteiger partial charge in [-0.1, -0.05) is 18.2 Å². The Bertz CT molecular complexity index is 547. The summed E-state index contributed by atoms with van der Waals surface area (Å²) >= 11 is 0. The molecule has 0 saturated heterocycles. The highest BCUT2D eigenvalue weighted by atomic mass is 16.3. The number of fused-ring (bicyclic) bond motifs is 1. The standard InChI is InChI=1S/C12H9NO3/c14-11-12(15,8-5-6-16-7-8)9-3-1-2-4-10(9)13-11/h1-7,15H,(H,13,14). The third-order valence-electron chi connectivity index (χ3n) is 2.83. The van der Waals surface area contributed by atoms with Gasteiger partial charge in [-0.2, -0.15) is 0 Å². The highest BCUT2D eigenvalue weighted by molar-refractivity contribution is 6.07. The van der Waals surface area contributed by atoms with Crippen molar-refractivity contribution in [3.8, 4) is 0 Å². The van der Waals surface area contributed by atoms with Crippen LogP contribution in [0.4, 0.5) is 5.69 Å². The van der Waals surface area contributed by atoms with Crippen molar-refractivity contribution in [1.82, 2.24) is 0 Å². The largest absolute Gasteiger partial charge is 0.472 e. The van der Waals surface area contributed by atoms with E-state index in [0.717, 1.165) is 0 Å². The number of aliphatic hydroxyl groups is 1. The highest BCUT2D eigenvalue weighted by Gasteiger charge is 2.47. The van der Waals surface area contributed by atoms with Crippen LogP contribution in [0, 0.1) is 0 Å². The summed E-state index contributed by atoms with van der Waals surface area (Å²) in [5.74, 6) is -0.449. The summed E-state index contributed by atoms with van der Waals surface area (Å²) in [4.78, 5) is 11.8. The summed E-state index contributed by atoms with van der Waals surface area (Å²) in [7, 11) is 0. The minimum atomic E-state index is -1.64. The van der Waals surface area contributed by atoms with E-state index in [0.29, 0.717) is 16.8 Å². The van der Waals surface area contributed by atoms with Crippen LogP contribution in [0.5, 0.6) is 0 Å². The van der Waals surface area contributed by atoms with Crippen molar-refractivity contribution in [2.45, 2.75) is 5.60 Å². The number of anilines is 1. The normalized spacial score (nSPS) is 22.9. The van der Waals surface area contributed by atoms with E-state index >= 15 is 0 Å². The van der Waals surface area contributed by atoms with Crippen LogP contribution in [0.2, 0.25) is 0 Å². The zero-order valence-electron chi connectivity index (χ0n) is 8.31. The molecule has 1 atom stereocenters. The number of para-hydroxylation sites is 1. The summed E-state index contributed by atoms with van der Waals surface area (Å²) in [5.41, 5.74) is -0.00333. The van der Waals surface area contributed by atoms with E-state index in [1.165, 1.54) is 12.5 Å². The molecule has 16 heavy (non-hydrogen) atoms. The van der Waals surface area contributed by atoms with Gasteiger partial charge in [0.15, 0.2) is 5.60 Å². The predicted octanol–water partition coefficient (Wildman–Crippen LogP) is 1.47. The first-order valence-corrected chi connectivity index (χ1v) is 4.89. The molecule has 0 bridgehead atoms. The summed E-state index contributed by atoms with van der Waals surface area (Å²) in [6.07, 6.45) is 2.81. The second kappa shape index (κ2) is 2.96. The molecule has 1 unspecified atom stereocenters. The van der Waals surface area contributed by atoms with Crippen LogP contribution in [0.3, 0.4) is 0 Å². The number of carbonyl (C=O) groups excluding carboxylic acids is 1.